The van der Waals surface area contributed by atoms with Crippen molar-refractivity contribution in [2.24, 2.45) is 0 Å². The number of aromatic amines is 1. The molecule has 1 amide bonds. The Labute approximate surface area is 205 Å². The molecular weight excluding hydrogens is 438 g/mol. The number of para-hydroxylation sites is 1. The molecule has 180 valence electrons. The third-order valence-corrected chi connectivity index (χ3v) is 6.05. The highest BCUT2D eigenvalue weighted by Crippen LogP contribution is 2.28. The van der Waals surface area contributed by atoms with E-state index in [4.69, 9.17) is 4.74 Å². The number of amides is 1. The van der Waals surface area contributed by atoms with E-state index < -0.39 is 12.2 Å². The number of imidazole rings is 1. The highest BCUT2D eigenvalue weighted by atomic mass is 16.6. The summed E-state index contributed by atoms with van der Waals surface area (Å²) in [6.45, 7) is 1.89. The number of carbonyl (C=O) groups is 2. The number of hydrogen-bond acceptors (Lipinski definition) is 4. The highest BCUT2D eigenvalue weighted by molar-refractivity contribution is 5.87. The second-order valence-corrected chi connectivity index (χ2v) is 8.62. The maximum absolute atomic E-state index is 12.6. The third-order valence-electron chi connectivity index (χ3n) is 6.05. The van der Waals surface area contributed by atoms with Gasteiger partial charge in [-0.25, -0.2) is 9.78 Å². The van der Waals surface area contributed by atoms with Crippen molar-refractivity contribution in [2.45, 2.75) is 51.6 Å². The maximum Gasteiger partial charge on any atom is 0.412 e. The van der Waals surface area contributed by atoms with Gasteiger partial charge in [0.2, 0.25) is 0 Å². The summed E-state index contributed by atoms with van der Waals surface area (Å²) in [5.74, 6) is 0.895. The average Bonchev–Trinajstić information content (AvgIpc) is 3.38. The third kappa shape index (κ3) is 6.79. The number of aromatic nitrogens is 2. The second-order valence-electron chi connectivity index (χ2n) is 8.62. The SMILES string of the molecule is CCC(=O)CCCCCC(OC(=O)Nc1ccccc1)c1ncc(-c2ccc3ccccc3c2)[nH]1. The largest absolute Gasteiger partial charge is 0.438 e. The highest BCUT2D eigenvalue weighted by Gasteiger charge is 2.20. The minimum absolute atomic E-state index is 0.283. The number of ketones is 1. The molecule has 0 aliphatic carbocycles. The molecule has 0 saturated carbocycles. The van der Waals surface area contributed by atoms with Gasteiger partial charge in [-0.3, -0.25) is 10.1 Å². The van der Waals surface area contributed by atoms with Gasteiger partial charge in [0.15, 0.2) is 6.10 Å². The second kappa shape index (κ2) is 12.0. The van der Waals surface area contributed by atoms with Crippen LogP contribution in [0.5, 0.6) is 0 Å². The fourth-order valence-electron chi connectivity index (χ4n) is 4.06. The van der Waals surface area contributed by atoms with Gasteiger partial charge in [0, 0.05) is 24.1 Å². The van der Waals surface area contributed by atoms with E-state index in [1.807, 2.05) is 49.4 Å². The topological polar surface area (TPSA) is 84.1 Å². The van der Waals surface area contributed by atoms with Crippen LogP contribution in [0.15, 0.2) is 79.0 Å². The van der Waals surface area contributed by atoms with Gasteiger partial charge in [0.05, 0.1) is 11.9 Å². The van der Waals surface area contributed by atoms with Crippen LogP contribution >= 0.6 is 0 Å². The minimum Gasteiger partial charge on any atom is -0.438 e. The van der Waals surface area contributed by atoms with Crippen molar-refractivity contribution >= 4 is 28.3 Å². The van der Waals surface area contributed by atoms with Gasteiger partial charge in [0.25, 0.3) is 0 Å². The first-order valence-electron chi connectivity index (χ1n) is 12.2. The van der Waals surface area contributed by atoms with Crippen molar-refractivity contribution in [2.75, 3.05) is 5.32 Å². The van der Waals surface area contributed by atoms with E-state index in [0.29, 0.717) is 30.8 Å². The lowest BCUT2D eigenvalue weighted by Gasteiger charge is -2.16. The lowest BCUT2D eigenvalue weighted by atomic mass is 10.1. The Hall–Kier alpha value is -3.93. The Morgan fingerprint density at radius 3 is 2.51 bits per heavy atom. The van der Waals surface area contributed by atoms with Crippen LogP contribution in [0.3, 0.4) is 0 Å². The molecule has 1 unspecified atom stereocenters. The molecule has 0 fully saturated rings. The van der Waals surface area contributed by atoms with Crippen molar-refractivity contribution in [3.05, 3.63) is 84.8 Å². The molecule has 1 atom stereocenters. The number of benzene rings is 3. The Morgan fingerprint density at radius 2 is 1.71 bits per heavy atom. The van der Waals surface area contributed by atoms with Gasteiger partial charge in [-0.15, -0.1) is 0 Å². The van der Waals surface area contributed by atoms with Crippen molar-refractivity contribution < 1.29 is 14.3 Å². The van der Waals surface area contributed by atoms with Crippen LogP contribution in [-0.2, 0) is 9.53 Å². The summed E-state index contributed by atoms with van der Waals surface area (Å²) < 4.78 is 5.80. The maximum atomic E-state index is 12.6. The molecule has 0 saturated heterocycles. The van der Waals surface area contributed by atoms with Gasteiger partial charge in [-0.2, -0.15) is 0 Å². The van der Waals surface area contributed by atoms with E-state index in [0.717, 1.165) is 35.9 Å². The van der Waals surface area contributed by atoms with E-state index >= 15 is 0 Å². The number of fused-ring (bicyclic) bond motifs is 1. The van der Waals surface area contributed by atoms with Crippen molar-refractivity contribution in [1.82, 2.24) is 9.97 Å². The fraction of sp³-hybridized carbons (Fsp3) is 0.276. The van der Waals surface area contributed by atoms with Gasteiger partial charge in [-0.1, -0.05) is 67.9 Å². The number of hydrogen-bond donors (Lipinski definition) is 2. The first-order chi connectivity index (χ1) is 17.1. The molecule has 35 heavy (non-hydrogen) atoms. The number of ether oxygens (including phenoxy) is 1. The van der Waals surface area contributed by atoms with Crippen LogP contribution in [0.4, 0.5) is 10.5 Å². The Balaban J connectivity index is 1.46. The summed E-state index contributed by atoms with van der Waals surface area (Å²) in [6, 6.07) is 23.7. The number of anilines is 1. The van der Waals surface area contributed by atoms with Gasteiger partial charge >= 0.3 is 6.09 Å². The number of rotatable bonds is 11. The standard InChI is InChI=1S/C29H31N3O3/c1-2-25(33)15-7-4-8-16-27(35-29(34)31-24-13-5-3-6-14-24)28-30-20-26(32-28)23-18-17-21-11-9-10-12-22(21)19-23/h3,5-6,9-14,17-20,27H,2,4,7-8,15-16H2,1H3,(H,30,32)(H,31,34). The number of H-pyrrole nitrogens is 1. The smallest absolute Gasteiger partial charge is 0.412 e. The summed E-state index contributed by atoms with van der Waals surface area (Å²) in [6.07, 6.45) is 5.10. The van der Waals surface area contributed by atoms with Crippen molar-refractivity contribution in [1.29, 1.82) is 0 Å². The van der Waals surface area contributed by atoms with Crippen LogP contribution in [0.1, 0.15) is 57.4 Å². The first kappa shape index (κ1) is 24.2. The number of nitrogens with one attached hydrogen (secondary N) is 2. The normalized spacial score (nSPS) is 11.8. The molecule has 4 rings (SSSR count). The molecule has 0 radical (unpaired) electrons. The molecule has 6 heteroatoms. The lowest BCUT2D eigenvalue weighted by Crippen LogP contribution is -2.18. The number of unbranched alkanes of at least 4 members (excludes halogenated alkanes) is 2. The minimum atomic E-state index is -0.522. The predicted octanol–water partition coefficient (Wildman–Crippen LogP) is 7.45. The Bertz CT molecular complexity index is 1270. The Kier molecular flexibility index (Phi) is 8.28. The molecule has 1 heterocycles. The monoisotopic (exact) mass is 469 g/mol. The quantitative estimate of drug-likeness (QED) is 0.223. The molecule has 0 aliphatic rings. The van der Waals surface area contributed by atoms with Crippen molar-refractivity contribution in [3.8, 4) is 11.3 Å². The number of nitrogens with zero attached hydrogens (tertiary/aromatic N) is 1. The summed E-state index contributed by atoms with van der Waals surface area (Å²) in [5.41, 5.74) is 2.56. The van der Waals surface area contributed by atoms with Crippen molar-refractivity contribution in [3.63, 3.8) is 0 Å². The molecule has 1 aromatic heterocycles. The summed E-state index contributed by atoms with van der Waals surface area (Å²) >= 11 is 0. The number of carbonyl (C=O) groups excluding carboxylic acids is 2. The number of Topliss-reactive ketones (excluding diaryl/α,β-unsaturated/α-hetero) is 1. The van der Waals surface area contributed by atoms with E-state index in [1.165, 1.54) is 5.39 Å². The fourth-order valence-corrected chi connectivity index (χ4v) is 4.06. The molecule has 0 bridgehead atoms. The van der Waals surface area contributed by atoms with E-state index in [-0.39, 0.29) is 5.78 Å². The van der Waals surface area contributed by atoms with Crippen LogP contribution in [-0.4, -0.2) is 21.8 Å². The van der Waals surface area contributed by atoms with E-state index in [9.17, 15) is 9.59 Å². The van der Waals surface area contributed by atoms with Crippen LogP contribution < -0.4 is 5.32 Å². The molecule has 0 spiro atoms. The molecule has 3 aromatic carbocycles. The molecule has 6 nitrogen and oxygen atoms in total. The van der Waals surface area contributed by atoms with Gasteiger partial charge in [0.1, 0.15) is 11.6 Å². The first-order valence-corrected chi connectivity index (χ1v) is 12.2. The molecule has 0 aliphatic heterocycles. The molecular formula is C29H31N3O3. The van der Waals surface area contributed by atoms with Crippen LogP contribution in [0.25, 0.3) is 22.0 Å². The Morgan fingerprint density at radius 1 is 0.943 bits per heavy atom. The predicted molar refractivity (Wildman–Crippen MR) is 139 cm³/mol. The lowest BCUT2D eigenvalue weighted by molar-refractivity contribution is -0.118. The van der Waals surface area contributed by atoms with Crippen LogP contribution in [0.2, 0.25) is 0 Å². The molecule has 2 N–H and O–H groups in total. The molecule has 4 aromatic rings. The van der Waals surface area contributed by atoms with E-state index in [1.54, 1.807) is 6.20 Å². The average molecular weight is 470 g/mol. The van der Waals surface area contributed by atoms with Crippen LogP contribution in [0, 0.1) is 0 Å². The zero-order valence-corrected chi connectivity index (χ0v) is 20.0. The zero-order valence-electron chi connectivity index (χ0n) is 20.0. The zero-order chi connectivity index (χ0) is 24.5. The van der Waals surface area contributed by atoms with E-state index in [2.05, 4.69) is 45.6 Å². The van der Waals surface area contributed by atoms with Gasteiger partial charge < -0.3 is 9.72 Å². The van der Waals surface area contributed by atoms with Gasteiger partial charge in [-0.05, 0) is 48.2 Å². The summed E-state index contributed by atoms with van der Waals surface area (Å²) in [5, 5.41) is 5.11. The summed E-state index contributed by atoms with van der Waals surface area (Å²) in [7, 11) is 0. The summed E-state index contributed by atoms with van der Waals surface area (Å²) in [4.78, 5) is 32.1.